The lowest BCUT2D eigenvalue weighted by molar-refractivity contribution is 0.475. The minimum absolute atomic E-state index is 0.315. The number of hydrogen-bond acceptors (Lipinski definition) is 2. The van der Waals surface area contributed by atoms with Gasteiger partial charge in [-0.1, -0.05) is 49.0 Å². The van der Waals surface area contributed by atoms with Gasteiger partial charge in [-0.15, -0.1) is 0 Å². The molecule has 0 amide bonds. The van der Waals surface area contributed by atoms with Gasteiger partial charge in [0, 0.05) is 0 Å². The van der Waals surface area contributed by atoms with E-state index in [0.29, 0.717) is 5.75 Å². The maximum Gasteiger partial charge on any atom is 0.127 e. The van der Waals surface area contributed by atoms with Crippen LogP contribution < -0.4 is 4.74 Å². The van der Waals surface area contributed by atoms with Crippen molar-refractivity contribution in [1.82, 2.24) is 0 Å². The van der Waals surface area contributed by atoms with E-state index < -0.39 is 0 Å². The van der Waals surface area contributed by atoms with Crippen LogP contribution >= 0.6 is 0 Å². The van der Waals surface area contributed by atoms with Crippen LogP contribution in [0.15, 0.2) is 85.6 Å². The van der Waals surface area contributed by atoms with Gasteiger partial charge in [-0.3, -0.25) is 0 Å². The van der Waals surface area contributed by atoms with Crippen molar-refractivity contribution >= 4 is 10.8 Å². The highest BCUT2D eigenvalue weighted by atomic mass is 16.5. The first-order valence-electron chi connectivity index (χ1n) is 8.99. The molecule has 0 saturated heterocycles. The minimum Gasteiger partial charge on any atom is -0.508 e. The number of ether oxygens (including phenoxy) is 1. The monoisotopic (exact) mass is 350 g/mol. The van der Waals surface area contributed by atoms with Gasteiger partial charge in [-0.05, 0) is 80.9 Å². The smallest absolute Gasteiger partial charge is 0.127 e. The van der Waals surface area contributed by atoms with Crippen LogP contribution in [0.5, 0.6) is 11.5 Å². The Hall–Kier alpha value is -3.52. The molecule has 0 atom stereocenters. The van der Waals surface area contributed by atoms with Gasteiger partial charge in [0.15, 0.2) is 0 Å². The van der Waals surface area contributed by atoms with Crippen LogP contribution in [0.3, 0.4) is 0 Å². The van der Waals surface area contributed by atoms with Gasteiger partial charge in [0.05, 0.1) is 6.26 Å². The lowest BCUT2D eigenvalue weighted by Gasteiger charge is -2.10. The Bertz CT molecular complexity index is 1200. The fourth-order valence-corrected chi connectivity index (χ4v) is 4.02. The molecule has 1 aliphatic rings. The Morgan fingerprint density at radius 1 is 0.815 bits per heavy atom. The molecule has 1 N–H and O–H groups in total. The summed E-state index contributed by atoms with van der Waals surface area (Å²) in [6.45, 7) is 3.61. The summed E-state index contributed by atoms with van der Waals surface area (Å²) < 4.78 is 5.38. The molecule has 27 heavy (non-hydrogen) atoms. The summed E-state index contributed by atoms with van der Waals surface area (Å²) in [6.07, 6.45) is 2.34. The van der Waals surface area contributed by atoms with E-state index in [1.165, 1.54) is 39.5 Å². The summed E-state index contributed by atoms with van der Waals surface area (Å²) in [6, 6.07) is 24.7. The van der Waals surface area contributed by atoms with Crippen LogP contribution in [-0.4, -0.2) is 5.11 Å². The van der Waals surface area contributed by atoms with E-state index >= 15 is 0 Å². The summed E-state index contributed by atoms with van der Waals surface area (Å²) in [5.41, 5.74) is 7.39. The minimum atomic E-state index is 0.315. The second kappa shape index (κ2) is 6.03. The number of rotatable bonds is 3. The maximum absolute atomic E-state index is 9.87. The first-order chi connectivity index (χ1) is 13.2. The maximum atomic E-state index is 9.87. The first-order valence-corrected chi connectivity index (χ1v) is 8.99. The van der Waals surface area contributed by atoms with Crippen LogP contribution in [0.25, 0.3) is 33.0 Å². The molecule has 0 fully saturated rings. The van der Waals surface area contributed by atoms with Crippen molar-refractivity contribution < 1.29 is 9.84 Å². The molecule has 4 aromatic carbocycles. The molecule has 0 heterocycles. The van der Waals surface area contributed by atoms with Gasteiger partial charge in [0.25, 0.3) is 0 Å². The number of aromatic hydroxyl groups is 1. The molecule has 0 spiro atoms. The quantitative estimate of drug-likeness (QED) is 0.387. The molecule has 1 aliphatic carbocycles. The van der Waals surface area contributed by atoms with Gasteiger partial charge in [0.2, 0.25) is 0 Å². The fraction of sp³-hybridized carbons (Fsp3) is 0.0400. The standard InChI is InChI=1S/C25H18O2/c1-2-27-21-11-9-16-12-18(7-6-17(16)13-21)22-4-3-5-23-24-15-20(26)10-8-19(24)14-25(22)23/h2-13,15,26H,1,14H2. The molecule has 130 valence electrons. The zero-order chi connectivity index (χ0) is 18.4. The molecule has 0 saturated carbocycles. The molecule has 4 aromatic rings. The Labute approximate surface area is 158 Å². The predicted molar refractivity (Wildman–Crippen MR) is 110 cm³/mol. The number of hydrogen-bond donors (Lipinski definition) is 1. The fourth-order valence-electron chi connectivity index (χ4n) is 4.02. The molecule has 0 radical (unpaired) electrons. The van der Waals surface area contributed by atoms with E-state index in [0.717, 1.165) is 23.1 Å². The third kappa shape index (κ3) is 2.58. The second-order valence-corrected chi connectivity index (χ2v) is 6.86. The number of phenolic OH excluding ortho intramolecular Hbond substituents is 1. The van der Waals surface area contributed by atoms with Gasteiger partial charge in [-0.25, -0.2) is 0 Å². The predicted octanol–water partition coefficient (Wildman–Crippen LogP) is 6.31. The number of fused-ring (bicyclic) bond motifs is 4. The number of phenols is 1. The molecular formula is C25H18O2. The van der Waals surface area contributed by atoms with Crippen LogP contribution in [0, 0.1) is 0 Å². The molecule has 2 nitrogen and oxygen atoms in total. The van der Waals surface area contributed by atoms with E-state index in [-0.39, 0.29) is 0 Å². The molecule has 0 aliphatic heterocycles. The zero-order valence-corrected chi connectivity index (χ0v) is 14.8. The van der Waals surface area contributed by atoms with Crippen molar-refractivity contribution in [2.24, 2.45) is 0 Å². The Kier molecular flexibility index (Phi) is 3.51. The van der Waals surface area contributed by atoms with E-state index in [1.807, 2.05) is 24.3 Å². The van der Waals surface area contributed by atoms with E-state index in [9.17, 15) is 5.11 Å². The van der Waals surface area contributed by atoms with Crippen LogP contribution in [0.1, 0.15) is 11.1 Å². The Balaban J connectivity index is 1.63. The largest absolute Gasteiger partial charge is 0.508 e. The van der Waals surface area contributed by atoms with Crippen molar-refractivity contribution in [3.63, 3.8) is 0 Å². The summed E-state index contributed by atoms with van der Waals surface area (Å²) in [5.74, 6) is 1.11. The topological polar surface area (TPSA) is 29.5 Å². The zero-order valence-electron chi connectivity index (χ0n) is 14.8. The van der Waals surface area contributed by atoms with E-state index in [2.05, 4.69) is 49.0 Å². The lowest BCUT2D eigenvalue weighted by atomic mass is 9.94. The first kappa shape index (κ1) is 15.7. The summed E-state index contributed by atoms with van der Waals surface area (Å²) in [7, 11) is 0. The van der Waals surface area contributed by atoms with Gasteiger partial charge in [-0.2, -0.15) is 0 Å². The van der Waals surface area contributed by atoms with Crippen molar-refractivity contribution in [2.45, 2.75) is 6.42 Å². The van der Waals surface area contributed by atoms with Gasteiger partial charge in [0.1, 0.15) is 11.5 Å². The summed E-state index contributed by atoms with van der Waals surface area (Å²) in [4.78, 5) is 0. The number of benzene rings is 4. The van der Waals surface area contributed by atoms with Crippen molar-refractivity contribution in [1.29, 1.82) is 0 Å². The average molecular weight is 350 g/mol. The van der Waals surface area contributed by atoms with Crippen molar-refractivity contribution in [2.75, 3.05) is 0 Å². The normalized spacial score (nSPS) is 11.9. The SMILES string of the molecule is C=COc1ccc2cc(-c3cccc4c3Cc3ccc(O)cc3-4)ccc2c1. The third-order valence-corrected chi connectivity index (χ3v) is 5.27. The molecular weight excluding hydrogens is 332 g/mol. The molecule has 0 aromatic heterocycles. The van der Waals surface area contributed by atoms with Crippen molar-refractivity contribution in [3.05, 3.63) is 96.8 Å². The highest BCUT2D eigenvalue weighted by Gasteiger charge is 2.21. The Morgan fingerprint density at radius 3 is 2.52 bits per heavy atom. The Morgan fingerprint density at radius 2 is 1.63 bits per heavy atom. The van der Waals surface area contributed by atoms with E-state index in [4.69, 9.17) is 4.74 Å². The lowest BCUT2D eigenvalue weighted by Crippen LogP contribution is -1.88. The summed E-state index contributed by atoms with van der Waals surface area (Å²) >= 11 is 0. The van der Waals surface area contributed by atoms with Crippen molar-refractivity contribution in [3.8, 4) is 33.8 Å². The van der Waals surface area contributed by atoms with Gasteiger partial charge >= 0.3 is 0 Å². The molecule has 0 unspecified atom stereocenters. The molecule has 0 bridgehead atoms. The third-order valence-electron chi connectivity index (χ3n) is 5.27. The second-order valence-electron chi connectivity index (χ2n) is 6.86. The van der Waals surface area contributed by atoms with Crippen LogP contribution in [0.2, 0.25) is 0 Å². The molecule has 5 rings (SSSR count). The average Bonchev–Trinajstić information content (AvgIpc) is 3.06. The van der Waals surface area contributed by atoms with Gasteiger partial charge < -0.3 is 9.84 Å². The highest BCUT2D eigenvalue weighted by molar-refractivity contribution is 5.91. The van der Waals surface area contributed by atoms with Crippen LogP contribution in [0.4, 0.5) is 0 Å². The molecule has 2 heteroatoms. The van der Waals surface area contributed by atoms with E-state index in [1.54, 1.807) is 6.07 Å². The highest BCUT2D eigenvalue weighted by Crippen LogP contribution is 2.43. The summed E-state index contributed by atoms with van der Waals surface area (Å²) in [5, 5.41) is 12.2. The van der Waals surface area contributed by atoms with Crippen LogP contribution in [-0.2, 0) is 6.42 Å².